The Morgan fingerprint density at radius 2 is 1.94 bits per heavy atom. The van der Waals surface area contributed by atoms with E-state index in [1.165, 1.54) is 26.6 Å². The highest BCUT2D eigenvalue weighted by Crippen LogP contribution is 2.32. The summed E-state index contributed by atoms with van der Waals surface area (Å²) in [6.07, 6.45) is 7.55. The number of nitrogens with two attached hydrogens (primary N) is 1. The molecule has 1 fully saturated rings. The first-order chi connectivity index (χ1) is 17.0. The van der Waals surface area contributed by atoms with Crippen LogP contribution in [0.1, 0.15) is 4.79 Å². The maximum absolute atomic E-state index is 13.1. The van der Waals surface area contributed by atoms with Gasteiger partial charge in [-0.3, -0.25) is 28.8 Å². The van der Waals surface area contributed by atoms with Gasteiger partial charge in [0.1, 0.15) is 17.9 Å². The Labute approximate surface area is 199 Å². The number of fused-ring (bicyclic) bond motifs is 1. The number of pyridine rings is 1. The lowest BCUT2D eigenvalue weighted by Gasteiger charge is -2.33. The molecule has 0 aliphatic carbocycles. The molecule has 0 aromatic carbocycles. The van der Waals surface area contributed by atoms with E-state index in [1.807, 2.05) is 0 Å². The van der Waals surface area contributed by atoms with Crippen LogP contribution < -0.4 is 16.0 Å². The number of allylic oxidation sites excluding steroid dienone is 1. The Hall–Kier alpha value is -5.00. The lowest BCUT2D eigenvalue weighted by Crippen LogP contribution is -2.53. The van der Waals surface area contributed by atoms with E-state index < -0.39 is 6.03 Å². The zero-order valence-corrected chi connectivity index (χ0v) is 18.5. The van der Waals surface area contributed by atoms with Crippen LogP contribution in [0.15, 0.2) is 67.8 Å². The van der Waals surface area contributed by atoms with Gasteiger partial charge in [-0.25, -0.2) is 19.7 Å². The predicted octanol–water partition coefficient (Wildman–Crippen LogP) is 1.88. The SMILES string of the molecule is C=CC(=O)n1cccc1-c1nc(N2CCN(C(=O)Nc3ccccn3)CC2=O)c2c(N)nccn12. The molecule has 4 aromatic heterocycles. The molecule has 12 nitrogen and oxygen atoms in total. The van der Waals surface area contributed by atoms with Gasteiger partial charge in [0.15, 0.2) is 17.5 Å². The number of carbonyl (C=O) groups excluding carboxylic acids is 3. The molecule has 12 heteroatoms. The van der Waals surface area contributed by atoms with Crippen LogP contribution in [0.3, 0.4) is 0 Å². The second-order valence-corrected chi connectivity index (χ2v) is 7.71. The number of piperazine rings is 1. The van der Waals surface area contributed by atoms with Crippen LogP contribution >= 0.6 is 0 Å². The molecule has 0 bridgehead atoms. The number of urea groups is 1. The van der Waals surface area contributed by atoms with E-state index in [2.05, 4.69) is 21.9 Å². The quantitative estimate of drug-likeness (QED) is 0.433. The van der Waals surface area contributed by atoms with Gasteiger partial charge in [0, 0.05) is 37.9 Å². The topological polar surface area (TPSA) is 144 Å². The van der Waals surface area contributed by atoms with Crippen molar-refractivity contribution in [3.63, 3.8) is 0 Å². The summed E-state index contributed by atoms with van der Waals surface area (Å²) in [5.74, 6) is 0.630. The molecule has 0 saturated carbocycles. The van der Waals surface area contributed by atoms with Gasteiger partial charge in [-0.1, -0.05) is 12.6 Å². The number of hydrogen-bond acceptors (Lipinski definition) is 7. The molecule has 0 radical (unpaired) electrons. The molecule has 1 aliphatic rings. The van der Waals surface area contributed by atoms with Crippen molar-refractivity contribution in [3.05, 3.63) is 67.8 Å². The first-order valence-corrected chi connectivity index (χ1v) is 10.7. The maximum atomic E-state index is 13.1. The average molecular weight is 471 g/mol. The first-order valence-electron chi connectivity index (χ1n) is 10.7. The molecule has 3 amide bonds. The Balaban J connectivity index is 1.47. The van der Waals surface area contributed by atoms with E-state index in [4.69, 9.17) is 10.7 Å². The molecule has 176 valence electrons. The third kappa shape index (κ3) is 3.86. The number of rotatable bonds is 4. The molecule has 35 heavy (non-hydrogen) atoms. The van der Waals surface area contributed by atoms with Gasteiger partial charge < -0.3 is 10.6 Å². The Kier molecular flexibility index (Phi) is 5.45. The Bertz CT molecular complexity index is 1460. The molecule has 0 unspecified atom stereocenters. The van der Waals surface area contributed by atoms with Gasteiger partial charge >= 0.3 is 6.03 Å². The van der Waals surface area contributed by atoms with Crippen LogP contribution in [-0.4, -0.2) is 66.3 Å². The number of nitrogens with zero attached hydrogens (tertiary/aromatic N) is 7. The monoisotopic (exact) mass is 471 g/mol. The summed E-state index contributed by atoms with van der Waals surface area (Å²) in [5, 5.41) is 2.68. The van der Waals surface area contributed by atoms with Crippen molar-refractivity contribution >= 4 is 40.8 Å². The third-order valence-corrected chi connectivity index (χ3v) is 5.62. The van der Waals surface area contributed by atoms with Crippen molar-refractivity contribution in [2.24, 2.45) is 0 Å². The van der Waals surface area contributed by atoms with Crippen molar-refractivity contribution in [2.75, 3.05) is 35.6 Å². The van der Waals surface area contributed by atoms with E-state index in [9.17, 15) is 14.4 Å². The molecule has 5 heterocycles. The van der Waals surface area contributed by atoms with Crippen LogP contribution in [0.2, 0.25) is 0 Å². The smallest absolute Gasteiger partial charge is 0.323 e. The van der Waals surface area contributed by atoms with Crippen molar-refractivity contribution in [1.29, 1.82) is 0 Å². The predicted molar refractivity (Wildman–Crippen MR) is 129 cm³/mol. The van der Waals surface area contributed by atoms with Crippen LogP contribution in [0.4, 0.5) is 22.2 Å². The fraction of sp³-hybridized carbons (Fsp3) is 0.130. The van der Waals surface area contributed by atoms with Crippen molar-refractivity contribution in [2.45, 2.75) is 0 Å². The Morgan fingerprint density at radius 3 is 2.69 bits per heavy atom. The minimum Gasteiger partial charge on any atom is -0.382 e. The van der Waals surface area contributed by atoms with Crippen LogP contribution in [0.25, 0.3) is 17.0 Å². The van der Waals surface area contributed by atoms with E-state index in [0.29, 0.717) is 28.7 Å². The molecule has 1 aliphatic heterocycles. The summed E-state index contributed by atoms with van der Waals surface area (Å²) in [6, 6.07) is 8.19. The summed E-state index contributed by atoms with van der Waals surface area (Å²) >= 11 is 0. The number of nitrogen functional groups attached to an aromatic ring is 1. The number of amides is 3. The summed E-state index contributed by atoms with van der Waals surface area (Å²) in [6.45, 7) is 3.85. The van der Waals surface area contributed by atoms with E-state index in [1.54, 1.807) is 53.3 Å². The second-order valence-electron chi connectivity index (χ2n) is 7.71. The number of carbonyl (C=O) groups is 3. The van der Waals surface area contributed by atoms with Gasteiger partial charge in [0.2, 0.25) is 5.91 Å². The largest absolute Gasteiger partial charge is 0.382 e. The molecule has 4 aromatic rings. The molecule has 0 atom stereocenters. The molecule has 5 rings (SSSR count). The van der Waals surface area contributed by atoms with Crippen molar-refractivity contribution in [3.8, 4) is 11.5 Å². The number of imidazole rings is 1. The number of nitrogens with one attached hydrogen (secondary N) is 1. The molecular formula is C23H21N9O3. The highest BCUT2D eigenvalue weighted by atomic mass is 16.2. The molecule has 3 N–H and O–H groups in total. The van der Waals surface area contributed by atoms with Gasteiger partial charge in [-0.2, -0.15) is 0 Å². The van der Waals surface area contributed by atoms with E-state index in [-0.39, 0.29) is 37.3 Å². The second kappa shape index (κ2) is 8.74. The summed E-state index contributed by atoms with van der Waals surface area (Å²) in [5.41, 5.74) is 7.11. The van der Waals surface area contributed by atoms with E-state index in [0.717, 1.165) is 0 Å². The Morgan fingerprint density at radius 1 is 1.09 bits per heavy atom. The van der Waals surface area contributed by atoms with Gasteiger partial charge in [0.05, 0.1) is 5.69 Å². The zero-order valence-electron chi connectivity index (χ0n) is 18.5. The lowest BCUT2D eigenvalue weighted by molar-refractivity contribution is -0.120. The van der Waals surface area contributed by atoms with Crippen molar-refractivity contribution in [1.82, 2.24) is 28.8 Å². The molecule has 0 spiro atoms. The maximum Gasteiger partial charge on any atom is 0.323 e. The minimum absolute atomic E-state index is 0.154. The fourth-order valence-corrected chi connectivity index (χ4v) is 3.96. The standard InChI is InChI=1S/C23H21N9O3/c1-2-17(33)30-10-5-6-15(30)21-28-22(19-20(24)26-9-11-32(19)21)31-13-12-29(14-18(31)34)23(35)27-16-7-3-4-8-25-16/h2-11H,1,12-14H2,(H2,24,26)(H,25,27,35). The lowest BCUT2D eigenvalue weighted by atomic mass is 10.3. The highest BCUT2D eigenvalue weighted by molar-refractivity contribution is 6.03. The minimum atomic E-state index is -0.422. The number of hydrogen-bond donors (Lipinski definition) is 2. The first kappa shape index (κ1) is 21.8. The zero-order chi connectivity index (χ0) is 24.5. The summed E-state index contributed by atoms with van der Waals surface area (Å²) < 4.78 is 3.09. The normalized spacial score (nSPS) is 13.8. The number of aromatic nitrogens is 5. The van der Waals surface area contributed by atoms with Gasteiger partial charge in [-0.15, -0.1) is 0 Å². The van der Waals surface area contributed by atoms with Crippen LogP contribution in [0.5, 0.6) is 0 Å². The summed E-state index contributed by atoms with van der Waals surface area (Å²) in [7, 11) is 0. The average Bonchev–Trinajstić information content (AvgIpc) is 3.50. The molecule has 1 saturated heterocycles. The van der Waals surface area contributed by atoms with Gasteiger partial charge in [-0.05, 0) is 30.3 Å². The van der Waals surface area contributed by atoms with E-state index >= 15 is 0 Å². The third-order valence-electron chi connectivity index (χ3n) is 5.62. The van der Waals surface area contributed by atoms with Crippen LogP contribution in [0, 0.1) is 0 Å². The number of anilines is 3. The summed E-state index contributed by atoms with van der Waals surface area (Å²) in [4.78, 5) is 53.9. The molecular weight excluding hydrogens is 450 g/mol. The highest BCUT2D eigenvalue weighted by Gasteiger charge is 2.32. The van der Waals surface area contributed by atoms with Crippen LogP contribution in [-0.2, 0) is 4.79 Å². The fourth-order valence-electron chi connectivity index (χ4n) is 3.96. The van der Waals surface area contributed by atoms with Crippen molar-refractivity contribution < 1.29 is 14.4 Å². The van der Waals surface area contributed by atoms with Gasteiger partial charge in [0.25, 0.3) is 5.91 Å².